The van der Waals surface area contributed by atoms with Crippen molar-refractivity contribution in [2.24, 2.45) is 0 Å². The van der Waals surface area contributed by atoms with Gasteiger partial charge in [0.15, 0.2) is 0 Å². The Kier molecular flexibility index (Phi) is 4.78. The van der Waals surface area contributed by atoms with Crippen molar-refractivity contribution in [1.29, 1.82) is 0 Å². The molecular formula is C17H23NS. The summed E-state index contributed by atoms with van der Waals surface area (Å²) in [6.45, 7) is 10.7. The van der Waals surface area contributed by atoms with Crippen LogP contribution in [0.25, 0.3) is 0 Å². The fourth-order valence-electron chi connectivity index (χ4n) is 2.22. The zero-order valence-corrected chi connectivity index (χ0v) is 13.1. The van der Waals surface area contributed by atoms with Gasteiger partial charge in [-0.3, -0.25) is 0 Å². The Balaban J connectivity index is 1.87. The second-order valence-electron chi connectivity index (χ2n) is 5.44. The molecule has 0 aliphatic rings. The summed E-state index contributed by atoms with van der Waals surface area (Å²) in [5, 5.41) is 3.53. The van der Waals surface area contributed by atoms with Crippen molar-refractivity contribution < 1.29 is 0 Å². The van der Waals surface area contributed by atoms with E-state index in [4.69, 9.17) is 0 Å². The molecule has 0 aliphatic carbocycles. The summed E-state index contributed by atoms with van der Waals surface area (Å²) in [7, 11) is 0. The minimum atomic E-state index is 0.610. The Labute approximate surface area is 120 Å². The SMILES string of the molecule is Cc1cc(CNCc2ccc(C(C)C)cc2)c(C)s1. The summed E-state index contributed by atoms with van der Waals surface area (Å²) in [5.41, 5.74) is 4.20. The minimum absolute atomic E-state index is 0.610. The van der Waals surface area contributed by atoms with E-state index in [1.807, 2.05) is 11.3 Å². The van der Waals surface area contributed by atoms with Crippen LogP contribution in [-0.2, 0) is 13.1 Å². The quantitative estimate of drug-likeness (QED) is 0.827. The van der Waals surface area contributed by atoms with Gasteiger partial charge in [0.25, 0.3) is 0 Å². The lowest BCUT2D eigenvalue weighted by atomic mass is 10.0. The Morgan fingerprint density at radius 3 is 2.26 bits per heavy atom. The molecule has 0 spiro atoms. The molecule has 0 radical (unpaired) electrons. The van der Waals surface area contributed by atoms with Gasteiger partial charge in [0.2, 0.25) is 0 Å². The molecule has 0 amide bonds. The van der Waals surface area contributed by atoms with Crippen LogP contribution in [-0.4, -0.2) is 0 Å². The topological polar surface area (TPSA) is 12.0 Å². The van der Waals surface area contributed by atoms with Crippen LogP contribution < -0.4 is 5.32 Å². The molecule has 102 valence electrons. The van der Waals surface area contributed by atoms with Crippen LogP contribution in [0, 0.1) is 13.8 Å². The van der Waals surface area contributed by atoms with Crippen molar-refractivity contribution in [3.05, 3.63) is 56.8 Å². The fraction of sp³-hybridized carbons (Fsp3) is 0.412. The minimum Gasteiger partial charge on any atom is -0.309 e. The highest BCUT2D eigenvalue weighted by molar-refractivity contribution is 7.12. The summed E-state index contributed by atoms with van der Waals surface area (Å²) in [4.78, 5) is 2.83. The number of thiophene rings is 1. The van der Waals surface area contributed by atoms with Gasteiger partial charge in [0.05, 0.1) is 0 Å². The molecule has 0 unspecified atom stereocenters. The first-order chi connectivity index (χ1) is 9.06. The number of nitrogens with one attached hydrogen (secondary N) is 1. The molecule has 0 saturated heterocycles. The molecule has 1 aromatic heterocycles. The van der Waals surface area contributed by atoms with Gasteiger partial charge in [-0.2, -0.15) is 0 Å². The highest BCUT2D eigenvalue weighted by atomic mass is 32.1. The van der Waals surface area contributed by atoms with Crippen LogP contribution in [0.15, 0.2) is 30.3 Å². The van der Waals surface area contributed by atoms with E-state index in [1.54, 1.807) is 0 Å². The van der Waals surface area contributed by atoms with E-state index < -0.39 is 0 Å². The summed E-state index contributed by atoms with van der Waals surface area (Å²) < 4.78 is 0. The van der Waals surface area contributed by atoms with Crippen LogP contribution in [0.3, 0.4) is 0 Å². The first-order valence-corrected chi connectivity index (χ1v) is 7.73. The number of rotatable bonds is 5. The summed E-state index contributed by atoms with van der Waals surface area (Å²) in [6.07, 6.45) is 0. The lowest BCUT2D eigenvalue weighted by molar-refractivity contribution is 0.692. The lowest BCUT2D eigenvalue weighted by Crippen LogP contribution is -2.12. The maximum Gasteiger partial charge on any atom is 0.0219 e. The van der Waals surface area contributed by atoms with Crippen molar-refractivity contribution >= 4 is 11.3 Å². The normalized spacial score (nSPS) is 11.2. The van der Waals surface area contributed by atoms with Crippen molar-refractivity contribution in [3.63, 3.8) is 0 Å². The van der Waals surface area contributed by atoms with Gasteiger partial charge in [-0.15, -0.1) is 11.3 Å². The van der Waals surface area contributed by atoms with Crippen LogP contribution in [0.1, 0.15) is 46.2 Å². The lowest BCUT2D eigenvalue weighted by Gasteiger charge is -2.08. The van der Waals surface area contributed by atoms with Crippen LogP contribution >= 0.6 is 11.3 Å². The molecular weight excluding hydrogens is 250 g/mol. The van der Waals surface area contributed by atoms with Crippen LogP contribution in [0.5, 0.6) is 0 Å². The average molecular weight is 273 g/mol. The molecule has 0 atom stereocenters. The predicted molar refractivity (Wildman–Crippen MR) is 84.9 cm³/mol. The predicted octanol–water partition coefficient (Wildman–Crippen LogP) is 4.78. The zero-order valence-electron chi connectivity index (χ0n) is 12.3. The van der Waals surface area contributed by atoms with Gasteiger partial charge in [0, 0.05) is 22.8 Å². The molecule has 2 rings (SSSR count). The van der Waals surface area contributed by atoms with Gasteiger partial charge < -0.3 is 5.32 Å². The summed E-state index contributed by atoms with van der Waals surface area (Å²) in [5.74, 6) is 0.610. The molecule has 2 heteroatoms. The van der Waals surface area contributed by atoms with E-state index in [1.165, 1.54) is 26.4 Å². The molecule has 0 fully saturated rings. The van der Waals surface area contributed by atoms with Crippen molar-refractivity contribution in [2.75, 3.05) is 0 Å². The second kappa shape index (κ2) is 6.36. The van der Waals surface area contributed by atoms with E-state index in [9.17, 15) is 0 Å². The van der Waals surface area contributed by atoms with Gasteiger partial charge >= 0.3 is 0 Å². The van der Waals surface area contributed by atoms with E-state index in [0.717, 1.165) is 13.1 Å². The second-order valence-corrected chi connectivity index (χ2v) is 6.90. The largest absolute Gasteiger partial charge is 0.309 e. The van der Waals surface area contributed by atoms with Gasteiger partial charge in [0.1, 0.15) is 0 Å². The van der Waals surface area contributed by atoms with Crippen molar-refractivity contribution in [2.45, 2.75) is 46.7 Å². The Morgan fingerprint density at radius 1 is 1.05 bits per heavy atom. The highest BCUT2D eigenvalue weighted by Gasteiger charge is 2.03. The molecule has 0 aliphatic heterocycles. The molecule has 0 bridgehead atoms. The van der Waals surface area contributed by atoms with E-state index in [0.29, 0.717) is 5.92 Å². The molecule has 1 nitrogen and oxygen atoms in total. The third-order valence-corrected chi connectivity index (χ3v) is 4.44. The number of hydrogen-bond acceptors (Lipinski definition) is 2. The van der Waals surface area contributed by atoms with Gasteiger partial charge in [-0.1, -0.05) is 38.1 Å². The number of hydrogen-bond donors (Lipinski definition) is 1. The molecule has 0 saturated carbocycles. The van der Waals surface area contributed by atoms with E-state index in [-0.39, 0.29) is 0 Å². The zero-order chi connectivity index (χ0) is 13.8. The monoisotopic (exact) mass is 273 g/mol. The first-order valence-electron chi connectivity index (χ1n) is 6.91. The van der Waals surface area contributed by atoms with Gasteiger partial charge in [-0.05, 0) is 42.5 Å². The van der Waals surface area contributed by atoms with E-state index in [2.05, 4.69) is 63.3 Å². The molecule has 2 aromatic rings. The number of benzene rings is 1. The Hall–Kier alpha value is -1.12. The maximum atomic E-state index is 3.53. The third-order valence-electron chi connectivity index (χ3n) is 3.43. The highest BCUT2D eigenvalue weighted by Crippen LogP contribution is 2.20. The molecule has 1 N–H and O–H groups in total. The Morgan fingerprint density at radius 2 is 1.74 bits per heavy atom. The molecule has 1 heterocycles. The molecule has 1 aromatic carbocycles. The Bertz CT molecular complexity index is 523. The standard InChI is InChI=1S/C17H23NS/c1-12(2)16-7-5-15(6-8-16)10-18-11-17-9-13(3)19-14(17)4/h5-9,12,18H,10-11H2,1-4H3. The summed E-state index contributed by atoms with van der Waals surface area (Å²) >= 11 is 1.88. The third kappa shape index (κ3) is 3.92. The maximum absolute atomic E-state index is 3.53. The smallest absolute Gasteiger partial charge is 0.0219 e. The van der Waals surface area contributed by atoms with Crippen molar-refractivity contribution in [3.8, 4) is 0 Å². The fourth-order valence-corrected chi connectivity index (χ4v) is 3.17. The first kappa shape index (κ1) is 14.3. The summed E-state index contributed by atoms with van der Waals surface area (Å²) in [6, 6.07) is 11.2. The van der Waals surface area contributed by atoms with Crippen LogP contribution in [0.2, 0.25) is 0 Å². The van der Waals surface area contributed by atoms with Crippen LogP contribution in [0.4, 0.5) is 0 Å². The average Bonchev–Trinajstić information content (AvgIpc) is 2.68. The van der Waals surface area contributed by atoms with Gasteiger partial charge in [-0.25, -0.2) is 0 Å². The molecule has 19 heavy (non-hydrogen) atoms. The van der Waals surface area contributed by atoms with E-state index >= 15 is 0 Å². The number of aryl methyl sites for hydroxylation is 2. The van der Waals surface area contributed by atoms with Crippen molar-refractivity contribution in [1.82, 2.24) is 5.32 Å².